The van der Waals surface area contributed by atoms with E-state index in [1.165, 1.54) is 20.2 Å². The lowest BCUT2D eigenvalue weighted by Crippen LogP contribution is -2.39. The van der Waals surface area contributed by atoms with Crippen LogP contribution < -0.4 is 5.32 Å². The van der Waals surface area contributed by atoms with Crippen LogP contribution in [-0.2, 0) is 20.9 Å². The smallest absolute Gasteiger partial charge is 0.355 e. The van der Waals surface area contributed by atoms with Crippen molar-refractivity contribution in [2.45, 2.75) is 27.3 Å². The van der Waals surface area contributed by atoms with Crippen LogP contribution >= 0.6 is 0 Å². The third kappa shape index (κ3) is 5.09. The number of amides is 2. The van der Waals surface area contributed by atoms with Gasteiger partial charge in [0.25, 0.3) is 5.91 Å². The van der Waals surface area contributed by atoms with Crippen molar-refractivity contribution in [3.8, 4) is 0 Å². The monoisotopic (exact) mass is 389 g/mol. The quantitative estimate of drug-likeness (QED) is 0.519. The molecule has 0 atom stereocenters. The molecule has 0 aromatic carbocycles. The second-order valence-electron chi connectivity index (χ2n) is 6.36. The van der Waals surface area contributed by atoms with E-state index < -0.39 is 18.5 Å². The van der Waals surface area contributed by atoms with E-state index in [9.17, 15) is 19.2 Å². The Balaban J connectivity index is 1.84. The van der Waals surface area contributed by atoms with Crippen LogP contribution in [0, 0.1) is 13.8 Å². The van der Waals surface area contributed by atoms with E-state index in [0.717, 1.165) is 4.90 Å². The number of nitrogens with one attached hydrogen (secondary N) is 2. The zero-order chi connectivity index (χ0) is 20.8. The second kappa shape index (κ2) is 9.03. The highest BCUT2D eigenvalue weighted by Gasteiger charge is 2.22. The van der Waals surface area contributed by atoms with Gasteiger partial charge in [-0.2, -0.15) is 0 Å². The molecule has 0 bridgehead atoms. The van der Waals surface area contributed by atoms with Crippen molar-refractivity contribution < 1.29 is 28.3 Å². The van der Waals surface area contributed by atoms with Gasteiger partial charge in [0.1, 0.15) is 11.5 Å². The highest BCUT2D eigenvalue weighted by molar-refractivity contribution is 6.01. The Morgan fingerprint density at radius 1 is 1.25 bits per heavy atom. The zero-order valence-corrected chi connectivity index (χ0v) is 16.3. The third-order valence-electron chi connectivity index (χ3n) is 4.17. The predicted molar refractivity (Wildman–Crippen MR) is 98.7 cm³/mol. The number of aromatic amines is 1. The predicted octanol–water partition coefficient (Wildman–Crippen LogP) is 1.36. The van der Waals surface area contributed by atoms with Gasteiger partial charge in [0.15, 0.2) is 12.4 Å². The standard InChI is InChI=1S/C19H23N3O6/c1-11-17(13(3)23)12(2)21-18(11)19(26)28-10-16(25)22(4)9-15(24)20-8-14-6-5-7-27-14/h5-7,21H,8-10H2,1-4H3,(H,20,24). The van der Waals surface area contributed by atoms with E-state index in [4.69, 9.17) is 9.15 Å². The fraction of sp³-hybridized carbons (Fsp3) is 0.368. The average molecular weight is 389 g/mol. The number of furan rings is 1. The normalized spacial score (nSPS) is 10.4. The van der Waals surface area contributed by atoms with Gasteiger partial charge in [0.2, 0.25) is 5.91 Å². The molecule has 2 heterocycles. The molecule has 150 valence electrons. The number of carbonyl (C=O) groups is 4. The summed E-state index contributed by atoms with van der Waals surface area (Å²) in [5, 5.41) is 2.62. The minimum atomic E-state index is -0.739. The van der Waals surface area contributed by atoms with Gasteiger partial charge in [0.05, 0.1) is 19.4 Å². The molecule has 9 nitrogen and oxygen atoms in total. The second-order valence-corrected chi connectivity index (χ2v) is 6.36. The van der Waals surface area contributed by atoms with Crippen LogP contribution in [0.2, 0.25) is 0 Å². The summed E-state index contributed by atoms with van der Waals surface area (Å²) in [5.41, 5.74) is 1.61. The van der Waals surface area contributed by atoms with Crippen LogP contribution in [0.5, 0.6) is 0 Å². The molecule has 2 amide bonds. The van der Waals surface area contributed by atoms with Gasteiger partial charge in [-0.15, -0.1) is 0 Å². The number of nitrogens with zero attached hydrogens (tertiary/aromatic N) is 1. The lowest BCUT2D eigenvalue weighted by atomic mass is 10.1. The number of hydrogen-bond acceptors (Lipinski definition) is 6. The first-order chi connectivity index (χ1) is 13.2. The Morgan fingerprint density at radius 2 is 1.96 bits per heavy atom. The number of rotatable bonds is 8. The van der Waals surface area contributed by atoms with E-state index >= 15 is 0 Å². The minimum Gasteiger partial charge on any atom is -0.467 e. The Morgan fingerprint density at radius 3 is 2.54 bits per heavy atom. The molecule has 0 unspecified atom stereocenters. The van der Waals surface area contributed by atoms with Gasteiger partial charge in [0, 0.05) is 18.3 Å². The lowest BCUT2D eigenvalue weighted by Gasteiger charge is -2.16. The summed E-state index contributed by atoms with van der Waals surface area (Å²) < 4.78 is 10.1. The van der Waals surface area contributed by atoms with Gasteiger partial charge in [-0.3, -0.25) is 14.4 Å². The van der Waals surface area contributed by atoms with Crippen molar-refractivity contribution in [3.05, 3.63) is 46.7 Å². The van der Waals surface area contributed by atoms with Crippen LogP contribution in [0.25, 0.3) is 0 Å². The van der Waals surface area contributed by atoms with Crippen molar-refractivity contribution >= 4 is 23.6 Å². The van der Waals surface area contributed by atoms with Crippen LogP contribution in [0.4, 0.5) is 0 Å². The summed E-state index contributed by atoms with van der Waals surface area (Å²) in [6.45, 7) is 4.23. The lowest BCUT2D eigenvalue weighted by molar-refractivity contribution is -0.137. The molecule has 0 radical (unpaired) electrons. The third-order valence-corrected chi connectivity index (χ3v) is 4.17. The molecular weight excluding hydrogens is 366 g/mol. The van der Waals surface area contributed by atoms with Crippen molar-refractivity contribution in [1.29, 1.82) is 0 Å². The fourth-order valence-electron chi connectivity index (χ4n) is 2.75. The number of esters is 1. The summed E-state index contributed by atoms with van der Waals surface area (Å²) in [6, 6.07) is 3.43. The summed E-state index contributed by atoms with van der Waals surface area (Å²) >= 11 is 0. The first-order valence-corrected chi connectivity index (χ1v) is 8.61. The SMILES string of the molecule is CC(=O)c1c(C)[nH]c(C(=O)OCC(=O)N(C)CC(=O)NCc2ccco2)c1C. The summed E-state index contributed by atoms with van der Waals surface area (Å²) in [6.07, 6.45) is 1.50. The van der Waals surface area contributed by atoms with E-state index in [0.29, 0.717) is 22.6 Å². The van der Waals surface area contributed by atoms with Gasteiger partial charge >= 0.3 is 5.97 Å². The highest BCUT2D eigenvalue weighted by Crippen LogP contribution is 2.19. The van der Waals surface area contributed by atoms with Crippen LogP contribution in [0.3, 0.4) is 0 Å². The summed E-state index contributed by atoms with van der Waals surface area (Å²) in [7, 11) is 1.43. The Kier molecular flexibility index (Phi) is 6.75. The van der Waals surface area contributed by atoms with Gasteiger partial charge < -0.3 is 24.4 Å². The average Bonchev–Trinajstić information content (AvgIpc) is 3.25. The van der Waals surface area contributed by atoms with E-state index in [-0.39, 0.29) is 30.5 Å². The van der Waals surface area contributed by atoms with Gasteiger partial charge in [-0.25, -0.2) is 4.79 Å². The maximum Gasteiger partial charge on any atom is 0.355 e. The number of aromatic nitrogens is 1. The number of ether oxygens (including phenoxy) is 1. The number of carbonyl (C=O) groups excluding carboxylic acids is 4. The molecule has 0 aliphatic carbocycles. The molecule has 28 heavy (non-hydrogen) atoms. The molecule has 2 N–H and O–H groups in total. The van der Waals surface area contributed by atoms with E-state index in [1.54, 1.807) is 26.0 Å². The molecule has 2 aromatic heterocycles. The number of H-pyrrole nitrogens is 1. The summed E-state index contributed by atoms with van der Waals surface area (Å²) in [5.74, 6) is -1.22. The minimum absolute atomic E-state index is 0.134. The first kappa shape index (κ1) is 20.9. The largest absolute Gasteiger partial charge is 0.467 e. The molecule has 2 aromatic rings. The Hall–Kier alpha value is -3.36. The van der Waals surface area contributed by atoms with Crippen molar-refractivity contribution in [1.82, 2.24) is 15.2 Å². The van der Waals surface area contributed by atoms with Crippen LogP contribution in [0.15, 0.2) is 22.8 Å². The van der Waals surface area contributed by atoms with E-state index in [1.807, 2.05) is 0 Å². The zero-order valence-electron chi connectivity index (χ0n) is 16.3. The molecule has 9 heteroatoms. The molecular formula is C19H23N3O6. The van der Waals surface area contributed by atoms with Crippen LogP contribution in [0.1, 0.15) is 44.8 Å². The maximum atomic E-state index is 12.2. The van der Waals surface area contributed by atoms with Crippen molar-refractivity contribution in [2.75, 3.05) is 20.2 Å². The molecule has 2 rings (SSSR count). The first-order valence-electron chi connectivity index (χ1n) is 8.61. The van der Waals surface area contributed by atoms with Crippen LogP contribution in [-0.4, -0.2) is 53.7 Å². The number of Topliss-reactive ketones (excluding diaryl/α,β-unsaturated/α-hetero) is 1. The van der Waals surface area contributed by atoms with Gasteiger partial charge in [-0.1, -0.05) is 0 Å². The Bertz CT molecular complexity index is 882. The molecule has 0 fully saturated rings. The Labute approximate surface area is 162 Å². The summed E-state index contributed by atoms with van der Waals surface area (Å²) in [4.78, 5) is 51.8. The number of likely N-dealkylation sites (N-methyl/N-ethyl adjacent to an activating group) is 1. The van der Waals surface area contributed by atoms with Crippen molar-refractivity contribution in [2.24, 2.45) is 0 Å². The van der Waals surface area contributed by atoms with Gasteiger partial charge in [-0.05, 0) is 38.5 Å². The molecule has 0 spiro atoms. The number of aryl methyl sites for hydroxylation is 1. The molecule has 0 saturated carbocycles. The molecule has 0 aliphatic heterocycles. The molecule has 0 aliphatic rings. The number of ketones is 1. The number of hydrogen-bond donors (Lipinski definition) is 2. The van der Waals surface area contributed by atoms with E-state index in [2.05, 4.69) is 10.3 Å². The molecule has 0 saturated heterocycles. The fourth-order valence-corrected chi connectivity index (χ4v) is 2.75. The maximum absolute atomic E-state index is 12.2. The van der Waals surface area contributed by atoms with Crippen molar-refractivity contribution in [3.63, 3.8) is 0 Å². The highest BCUT2D eigenvalue weighted by atomic mass is 16.5. The topological polar surface area (TPSA) is 122 Å².